The predicted molar refractivity (Wildman–Crippen MR) is 127 cm³/mol. The number of ether oxygens (including phenoxy) is 1. The fourth-order valence-electron chi connectivity index (χ4n) is 4.99. The number of morpholine rings is 1. The molecule has 1 aromatic heterocycles. The molecular formula is C24H38N6O2. The Morgan fingerprint density at radius 3 is 2.75 bits per heavy atom. The van der Waals surface area contributed by atoms with Crippen LogP contribution >= 0.6 is 0 Å². The average Bonchev–Trinajstić information content (AvgIpc) is 3.30. The third kappa shape index (κ3) is 5.91. The zero-order valence-electron chi connectivity index (χ0n) is 19.6. The van der Waals surface area contributed by atoms with Gasteiger partial charge in [0.15, 0.2) is 5.96 Å². The van der Waals surface area contributed by atoms with Crippen molar-refractivity contribution in [3.05, 3.63) is 23.9 Å². The maximum Gasteiger partial charge on any atom is 0.225 e. The second-order valence-corrected chi connectivity index (χ2v) is 9.33. The molecule has 0 radical (unpaired) electrons. The summed E-state index contributed by atoms with van der Waals surface area (Å²) in [5, 5.41) is 6.88. The second-order valence-electron chi connectivity index (χ2n) is 9.33. The fourth-order valence-corrected chi connectivity index (χ4v) is 4.99. The summed E-state index contributed by atoms with van der Waals surface area (Å²) >= 11 is 0. The third-order valence-electron chi connectivity index (χ3n) is 6.85. The van der Waals surface area contributed by atoms with E-state index < -0.39 is 0 Å². The lowest BCUT2D eigenvalue weighted by atomic mass is 9.88. The van der Waals surface area contributed by atoms with Crippen LogP contribution < -0.4 is 15.5 Å². The molecule has 3 aliphatic rings. The number of hydrogen-bond donors (Lipinski definition) is 2. The lowest BCUT2D eigenvalue weighted by molar-refractivity contribution is -0.135. The lowest BCUT2D eigenvalue weighted by Crippen LogP contribution is -2.45. The van der Waals surface area contributed by atoms with Gasteiger partial charge >= 0.3 is 0 Å². The number of carbonyl (C=O) groups excluding carboxylic acids is 1. The Morgan fingerprint density at radius 1 is 1.19 bits per heavy atom. The van der Waals surface area contributed by atoms with Crippen molar-refractivity contribution in [3.63, 3.8) is 0 Å². The number of guanidine groups is 1. The van der Waals surface area contributed by atoms with Crippen LogP contribution in [-0.2, 0) is 16.1 Å². The summed E-state index contributed by atoms with van der Waals surface area (Å²) in [7, 11) is 1.79. The minimum atomic E-state index is 0.241. The Bertz CT molecular complexity index is 777. The van der Waals surface area contributed by atoms with E-state index in [0.717, 1.165) is 69.4 Å². The molecule has 176 valence electrons. The van der Waals surface area contributed by atoms with E-state index in [9.17, 15) is 4.79 Å². The largest absolute Gasteiger partial charge is 0.375 e. The van der Waals surface area contributed by atoms with E-state index in [2.05, 4.69) is 49.5 Å². The number of rotatable bonds is 5. The molecule has 8 nitrogen and oxygen atoms in total. The van der Waals surface area contributed by atoms with Crippen LogP contribution in [0.2, 0.25) is 0 Å². The van der Waals surface area contributed by atoms with Gasteiger partial charge in [-0.15, -0.1) is 0 Å². The molecule has 0 spiro atoms. The Hall–Kier alpha value is -2.35. The van der Waals surface area contributed by atoms with Crippen LogP contribution in [0.5, 0.6) is 0 Å². The zero-order valence-corrected chi connectivity index (χ0v) is 19.6. The number of anilines is 1. The number of hydrogen-bond acceptors (Lipinski definition) is 5. The monoisotopic (exact) mass is 442 g/mol. The van der Waals surface area contributed by atoms with E-state index in [1.807, 2.05) is 6.20 Å². The molecule has 2 unspecified atom stereocenters. The first-order valence-electron chi connectivity index (χ1n) is 12.2. The van der Waals surface area contributed by atoms with Crippen molar-refractivity contribution in [2.45, 2.75) is 64.1 Å². The standard InChI is InChI=1S/C24H38N6O2/c1-18-16-29(12-13-32-18)22-9-8-19(14-26-22)15-27-24(25-2)28-21-10-11-30(17-21)23(31)20-6-4-3-5-7-20/h8-9,14,18,20-21H,3-7,10-13,15-17H2,1-2H3,(H2,25,27,28). The molecule has 0 aromatic carbocycles. The maximum atomic E-state index is 12.8. The molecule has 2 N–H and O–H groups in total. The summed E-state index contributed by atoms with van der Waals surface area (Å²) in [6.07, 6.45) is 8.94. The van der Waals surface area contributed by atoms with Gasteiger partial charge in [0.2, 0.25) is 5.91 Å². The van der Waals surface area contributed by atoms with Gasteiger partial charge in [0.05, 0.1) is 12.7 Å². The van der Waals surface area contributed by atoms with E-state index in [4.69, 9.17) is 4.74 Å². The van der Waals surface area contributed by atoms with Crippen LogP contribution in [0.1, 0.15) is 51.0 Å². The van der Waals surface area contributed by atoms with Gasteiger partial charge in [0, 0.05) is 57.9 Å². The molecule has 3 heterocycles. The summed E-state index contributed by atoms with van der Waals surface area (Å²) in [6.45, 7) is 6.87. The van der Waals surface area contributed by atoms with Crippen molar-refractivity contribution in [3.8, 4) is 0 Å². The van der Waals surface area contributed by atoms with Gasteiger partial charge in [-0.25, -0.2) is 4.98 Å². The number of amides is 1. The third-order valence-corrected chi connectivity index (χ3v) is 6.85. The summed E-state index contributed by atoms with van der Waals surface area (Å²) in [6, 6.07) is 4.44. The Kier molecular flexibility index (Phi) is 7.84. The molecule has 1 aromatic rings. The van der Waals surface area contributed by atoms with E-state index >= 15 is 0 Å². The fraction of sp³-hybridized carbons (Fsp3) is 0.708. The molecule has 32 heavy (non-hydrogen) atoms. The minimum absolute atomic E-state index is 0.241. The highest BCUT2D eigenvalue weighted by molar-refractivity contribution is 5.81. The number of pyridine rings is 1. The summed E-state index contributed by atoms with van der Waals surface area (Å²) in [4.78, 5) is 26.1. The minimum Gasteiger partial charge on any atom is -0.375 e. The number of carbonyl (C=O) groups is 1. The van der Waals surface area contributed by atoms with Gasteiger partial charge < -0.3 is 25.2 Å². The quantitative estimate of drug-likeness (QED) is 0.537. The molecule has 0 bridgehead atoms. The van der Waals surface area contributed by atoms with Crippen molar-refractivity contribution in [1.82, 2.24) is 20.5 Å². The SMILES string of the molecule is CN=C(NCc1ccc(N2CCOC(C)C2)nc1)NC1CCN(C(=O)C2CCCCC2)C1. The Labute approximate surface area is 191 Å². The first kappa shape index (κ1) is 22.8. The van der Waals surface area contributed by atoms with Crippen LogP contribution in [0.3, 0.4) is 0 Å². The van der Waals surface area contributed by atoms with Crippen LogP contribution in [0, 0.1) is 5.92 Å². The molecule has 2 atom stereocenters. The zero-order chi connectivity index (χ0) is 22.3. The summed E-state index contributed by atoms with van der Waals surface area (Å²) < 4.78 is 5.61. The molecule has 2 saturated heterocycles. The molecule has 1 saturated carbocycles. The predicted octanol–water partition coefficient (Wildman–Crippen LogP) is 2.15. The van der Waals surface area contributed by atoms with Crippen LogP contribution in [0.4, 0.5) is 5.82 Å². The first-order valence-corrected chi connectivity index (χ1v) is 12.2. The number of likely N-dealkylation sites (tertiary alicyclic amines) is 1. The van der Waals surface area contributed by atoms with Gasteiger partial charge in [0.25, 0.3) is 0 Å². The van der Waals surface area contributed by atoms with Crippen molar-refractivity contribution >= 4 is 17.7 Å². The highest BCUT2D eigenvalue weighted by Gasteiger charge is 2.31. The first-order chi connectivity index (χ1) is 15.6. The molecule has 2 aliphatic heterocycles. The van der Waals surface area contributed by atoms with Gasteiger partial charge in [0.1, 0.15) is 5.82 Å². The Morgan fingerprint density at radius 2 is 2.03 bits per heavy atom. The van der Waals surface area contributed by atoms with Crippen LogP contribution in [0.25, 0.3) is 0 Å². The van der Waals surface area contributed by atoms with Crippen molar-refractivity contribution in [2.24, 2.45) is 10.9 Å². The van der Waals surface area contributed by atoms with E-state index in [-0.39, 0.29) is 18.1 Å². The number of nitrogens with zero attached hydrogens (tertiary/aromatic N) is 4. The summed E-state index contributed by atoms with van der Waals surface area (Å²) in [5.41, 5.74) is 1.11. The number of aromatic nitrogens is 1. The molecule has 4 rings (SSSR count). The van der Waals surface area contributed by atoms with Crippen molar-refractivity contribution < 1.29 is 9.53 Å². The average molecular weight is 443 g/mol. The van der Waals surface area contributed by atoms with Crippen LogP contribution in [0.15, 0.2) is 23.3 Å². The normalized spacial score (nSPS) is 25.1. The van der Waals surface area contributed by atoms with Gasteiger partial charge in [-0.1, -0.05) is 25.3 Å². The molecule has 3 fully saturated rings. The molecule has 1 amide bonds. The maximum absolute atomic E-state index is 12.8. The number of aliphatic imine (C=N–C) groups is 1. The number of nitrogens with one attached hydrogen (secondary N) is 2. The van der Waals surface area contributed by atoms with E-state index in [1.54, 1.807) is 7.05 Å². The molecule has 8 heteroatoms. The van der Waals surface area contributed by atoms with Crippen molar-refractivity contribution in [1.29, 1.82) is 0 Å². The van der Waals surface area contributed by atoms with Crippen molar-refractivity contribution in [2.75, 3.05) is 44.7 Å². The second kappa shape index (κ2) is 11.0. The van der Waals surface area contributed by atoms with E-state index in [0.29, 0.717) is 12.5 Å². The smallest absolute Gasteiger partial charge is 0.225 e. The summed E-state index contributed by atoms with van der Waals surface area (Å²) in [5.74, 6) is 2.38. The van der Waals surface area contributed by atoms with Gasteiger partial charge in [-0.2, -0.15) is 0 Å². The lowest BCUT2D eigenvalue weighted by Gasteiger charge is -2.32. The highest BCUT2D eigenvalue weighted by Crippen LogP contribution is 2.26. The topological polar surface area (TPSA) is 82.1 Å². The highest BCUT2D eigenvalue weighted by atomic mass is 16.5. The molecular weight excluding hydrogens is 404 g/mol. The van der Waals surface area contributed by atoms with Gasteiger partial charge in [-0.05, 0) is 37.8 Å². The van der Waals surface area contributed by atoms with Gasteiger partial charge in [-0.3, -0.25) is 9.79 Å². The molecule has 1 aliphatic carbocycles. The van der Waals surface area contributed by atoms with Crippen LogP contribution in [-0.4, -0.2) is 73.7 Å². The Balaban J connectivity index is 1.22. The van der Waals surface area contributed by atoms with E-state index in [1.165, 1.54) is 19.3 Å².